The van der Waals surface area contributed by atoms with Crippen molar-refractivity contribution in [3.8, 4) is 0 Å². The first kappa shape index (κ1) is 13.4. The van der Waals surface area contributed by atoms with Crippen molar-refractivity contribution < 1.29 is 0 Å². The minimum atomic E-state index is 0.588. The molecule has 1 fully saturated rings. The van der Waals surface area contributed by atoms with E-state index >= 15 is 0 Å². The van der Waals surface area contributed by atoms with Gasteiger partial charge in [-0.3, -0.25) is 4.98 Å². The van der Waals surface area contributed by atoms with Gasteiger partial charge in [-0.05, 0) is 44.5 Å². The van der Waals surface area contributed by atoms with E-state index in [1.807, 2.05) is 12.4 Å². The predicted octanol–water partition coefficient (Wildman–Crippen LogP) is 3.52. The Bertz CT molecular complexity index is 562. The molecule has 3 nitrogen and oxygen atoms in total. The van der Waals surface area contributed by atoms with Crippen molar-refractivity contribution in [2.45, 2.75) is 32.2 Å². The second-order valence-electron chi connectivity index (χ2n) is 5.61. The fraction of sp³-hybridized carbons (Fsp3) is 0.471. The van der Waals surface area contributed by atoms with Gasteiger partial charge in [0.15, 0.2) is 0 Å². The van der Waals surface area contributed by atoms with Gasteiger partial charge in [0.1, 0.15) is 0 Å². The SMILES string of the molecule is CCN1CCCC(Nc2cccc3cnccc23)CC1. The molecule has 1 atom stereocenters. The minimum absolute atomic E-state index is 0.588. The summed E-state index contributed by atoms with van der Waals surface area (Å²) in [5.41, 5.74) is 1.25. The molecule has 3 rings (SSSR count). The summed E-state index contributed by atoms with van der Waals surface area (Å²) in [5, 5.41) is 6.24. The third kappa shape index (κ3) is 2.93. The zero-order valence-electron chi connectivity index (χ0n) is 12.2. The van der Waals surface area contributed by atoms with Gasteiger partial charge in [-0.25, -0.2) is 0 Å². The summed E-state index contributed by atoms with van der Waals surface area (Å²) in [5.74, 6) is 0. The van der Waals surface area contributed by atoms with Crippen LogP contribution in [0.1, 0.15) is 26.2 Å². The van der Waals surface area contributed by atoms with Crippen molar-refractivity contribution in [1.29, 1.82) is 0 Å². The van der Waals surface area contributed by atoms with Gasteiger partial charge in [0, 0.05) is 41.4 Å². The number of nitrogens with one attached hydrogen (secondary N) is 1. The maximum absolute atomic E-state index is 4.20. The summed E-state index contributed by atoms with van der Waals surface area (Å²) in [7, 11) is 0. The Morgan fingerprint density at radius 1 is 1.25 bits per heavy atom. The van der Waals surface area contributed by atoms with Gasteiger partial charge in [-0.1, -0.05) is 19.1 Å². The van der Waals surface area contributed by atoms with E-state index in [4.69, 9.17) is 0 Å². The first-order chi connectivity index (χ1) is 9.86. The van der Waals surface area contributed by atoms with Crippen molar-refractivity contribution >= 4 is 16.5 Å². The van der Waals surface area contributed by atoms with E-state index < -0.39 is 0 Å². The average Bonchev–Trinajstić information content (AvgIpc) is 2.73. The van der Waals surface area contributed by atoms with Gasteiger partial charge in [-0.2, -0.15) is 0 Å². The van der Waals surface area contributed by atoms with Crippen LogP contribution < -0.4 is 5.32 Å². The zero-order valence-corrected chi connectivity index (χ0v) is 12.2. The molecule has 1 aliphatic heterocycles. The van der Waals surface area contributed by atoms with Crippen LogP contribution in [0.4, 0.5) is 5.69 Å². The van der Waals surface area contributed by atoms with Gasteiger partial charge >= 0.3 is 0 Å². The van der Waals surface area contributed by atoms with Crippen LogP contribution in [0.25, 0.3) is 10.8 Å². The van der Waals surface area contributed by atoms with E-state index in [1.54, 1.807) is 0 Å². The molecule has 1 aliphatic rings. The topological polar surface area (TPSA) is 28.2 Å². The van der Waals surface area contributed by atoms with E-state index in [0.717, 1.165) is 0 Å². The second-order valence-corrected chi connectivity index (χ2v) is 5.61. The van der Waals surface area contributed by atoms with Crippen molar-refractivity contribution in [2.24, 2.45) is 0 Å². The van der Waals surface area contributed by atoms with Crippen LogP contribution in [-0.2, 0) is 0 Å². The number of benzene rings is 1. The lowest BCUT2D eigenvalue weighted by Gasteiger charge is -2.20. The van der Waals surface area contributed by atoms with Gasteiger partial charge in [0.25, 0.3) is 0 Å². The molecular formula is C17H23N3. The average molecular weight is 269 g/mol. The zero-order chi connectivity index (χ0) is 13.8. The van der Waals surface area contributed by atoms with E-state index in [0.29, 0.717) is 6.04 Å². The highest BCUT2D eigenvalue weighted by atomic mass is 15.1. The van der Waals surface area contributed by atoms with Gasteiger partial charge in [-0.15, -0.1) is 0 Å². The van der Waals surface area contributed by atoms with Crippen molar-refractivity contribution in [3.05, 3.63) is 36.7 Å². The van der Waals surface area contributed by atoms with Crippen LogP contribution in [-0.4, -0.2) is 35.6 Å². The Hall–Kier alpha value is -1.61. The molecule has 0 aliphatic carbocycles. The molecule has 0 amide bonds. The minimum Gasteiger partial charge on any atom is -0.382 e. The highest BCUT2D eigenvalue weighted by molar-refractivity contribution is 5.93. The molecule has 3 heteroatoms. The lowest BCUT2D eigenvalue weighted by molar-refractivity contribution is 0.300. The molecule has 0 saturated carbocycles. The molecule has 1 aromatic carbocycles. The van der Waals surface area contributed by atoms with Crippen molar-refractivity contribution in [1.82, 2.24) is 9.88 Å². The summed E-state index contributed by atoms with van der Waals surface area (Å²) >= 11 is 0. The van der Waals surface area contributed by atoms with Crippen molar-refractivity contribution in [2.75, 3.05) is 25.0 Å². The maximum Gasteiger partial charge on any atom is 0.0423 e. The molecule has 2 heterocycles. The van der Waals surface area contributed by atoms with Crippen molar-refractivity contribution in [3.63, 3.8) is 0 Å². The largest absolute Gasteiger partial charge is 0.382 e. The molecule has 1 N–H and O–H groups in total. The Morgan fingerprint density at radius 3 is 3.10 bits per heavy atom. The summed E-state index contributed by atoms with van der Waals surface area (Å²) in [6, 6.07) is 9.11. The summed E-state index contributed by atoms with van der Waals surface area (Å²) in [4.78, 5) is 6.75. The van der Waals surface area contributed by atoms with Gasteiger partial charge in [0.2, 0.25) is 0 Å². The lowest BCUT2D eigenvalue weighted by Crippen LogP contribution is -2.26. The Kier molecular flexibility index (Phi) is 4.16. The normalized spacial score (nSPS) is 20.8. The molecule has 0 spiro atoms. The van der Waals surface area contributed by atoms with Crippen LogP contribution in [0, 0.1) is 0 Å². The first-order valence-electron chi connectivity index (χ1n) is 7.68. The number of pyridine rings is 1. The van der Waals surface area contributed by atoms with E-state index in [1.165, 1.54) is 55.4 Å². The van der Waals surface area contributed by atoms with E-state index in [-0.39, 0.29) is 0 Å². The van der Waals surface area contributed by atoms with Crippen LogP contribution in [0.15, 0.2) is 36.7 Å². The molecular weight excluding hydrogens is 246 g/mol. The first-order valence-corrected chi connectivity index (χ1v) is 7.68. The Labute approximate surface area is 121 Å². The number of fused-ring (bicyclic) bond motifs is 1. The number of hydrogen-bond donors (Lipinski definition) is 1. The number of likely N-dealkylation sites (tertiary alicyclic amines) is 1. The highest BCUT2D eigenvalue weighted by Crippen LogP contribution is 2.25. The molecule has 1 saturated heterocycles. The standard InChI is InChI=1S/C17H23N3/c1-2-20-11-4-6-15(9-12-20)19-17-7-3-5-14-13-18-10-8-16(14)17/h3,5,7-8,10,13,15,19H,2,4,6,9,11-12H2,1H3. The number of hydrogen-bond acceptors (Lipinski definition) is 3. The number of aromatic nitrogens is 1. The third-order valence-corrected chi connectivity index (χ3v) is 4.31. The number of nitrogens with zero attached hydrogens (tertiary/aromatic N) is 2. The second kappa shape index (κ2) is 6.23. The van der Waals surface area contributed by atoms with Gasteiger partial charge < -0.3 is 10.2 Å². The summed E-state index contributed by atoms with van der Waals surface area (Å²) in [6.45, 7) is 5.88. The molecule has 106 valence electrons. The third-order valence-electron chi connectivity index (χ3n) is 4.31. The lowest BCUT2D eigenvalue weighted by atomic mass is 10.1. The fourth-order valence-corrected chi connectivity index (χ4v) is 3.08. The van der Waals surface area contributed by atoms with Gasteiger partial charge in [0.05, 0.1) is 0 Å². The smallest absolute Gasteiger partial charge is 0.0423 e. The number of anilines is 1. The predicted molar refractivity (Wildman–Crippen MR) is 85.1 cm³/mol. The molecule has 1 aromatic heterocycles. The molecule has 0 radical (unpaired) electrons. The van der Waals surface area contributed by atoms with Crippen LogP contribution in [0.3, 0.4) is 0 Å². The molecule has 2 aromatic rings. The van der Waals surface area contributed by atoms with Crippen LogP contribution >= 0.6 is 0 Å². The van der Waals surface area contributed by atoms with Crippen LogP contribution in [0.2, 0.25) is 0 Å². The molecule has 0 bridgehead atoms. The quantitative estimate of drug-likeness (QED) is 0.924. The Morgan fingerprint density at radius 2 is 2.20 bits per heavy atom. The summed E-state index contributed by atoms with van der Waals surface area (Å²) < 4.78 is 0. The fourth-order valence-electron chi connectivity index (χ4n) is 3.08. The molecule has 1 unspecified atom stereocenters. The monoisotopic (exact) mass is 269 g/mol. The molecule has 20 heavy (non-hydrogen) atoms. The Balaban J connectivity index is 1.76. The van der Waals surface area contributed by atoms with E-state index in [2.05, 4.69) is 46.4 Å². The number of rotatable bonds is 3. The van der Waals surface area contributed by atoms with Crippen LogP contribution in [0.5, 0.6) is 0 Å². The summed E-state index contributed by atoms with van der Waals surface area (Å²) in [6.07, 6.45) is 7.59. The highest BCUT2D eigenvalue weighted by Gasteiger charge is 2.16. The maximum atomic E-state index is 4.20. The van der Waals surface area contributed by atoms with E-state index in [9.17, 15) is 0 Å².